The summed E-state index contributed by atoms with van der Waals surface area (Å²) in [5.74, 6) is 4.31. The summed E-state index contributed by atoms with van der Waals surface area (Å²) in [6.07, 6.45) is 3.13. The molecule has 2 bridgehead atoms. The maximum atomic E-state index is 2.51. The van der Waals surface area contributed by atoms with Crippen LogP contribution in [0.2, 0.25) is 0 Å². The fraction of sp³-hybridized carbons (Fsp3) is 1.00. The molecule has 0 aromatic carbocycles. The minimum absolute atomic E-state index is 0.549. The molecule has 0 aromatic heterocycles. The molecular weight excluding hydrogens is 259 g/mol. The zero-order valence-corrected chi connectivity index (χ0v) is 10.5. The van der Waals surface area contributed by atoms with Crippen molar-refractivity contribution in [2.75, 3.05) is 4.43 Å². The molecule has 0 aromatic rings. The van der Waals surface area contributed by atoms with Crippen molar-refractivity contribution in [2.45, 2.75) is 37.5 Å². The first kappa shape index (κ1) is 9.29. The standard InChI is InChI=1S/C11H20I/c1-7-4-10-5-11(7)8(2)9(3)12-6-10/h7-11H,4-6H2,1-3H3/q-1/t7?,8?,9?,10-,11?/m1/s1. The van der Waals surface area contributed by atoms with Gasteiger partial charge in [0, 0.05) is 0 Å². The molecule has 12 heavy (non-hydrogen) atoms. The quantitative estimate of drug-likeness (QED) is 0.425. The number of alkyl halides is 2. The summed E-state index contributed by atoms with van der Waals surface area (Å²) in [6.45, 7) is 7.50. The van der Waals surface area contributed by atoms with E-state index in [2.05, 4.69) is 20.8 Å². The summed E-state index contributed by atoms with van der Waals surface area (Å²) in [5.41, 5.74) is 0. The Hall–Kier alpha value is 0.730. The molecule has 1 saturated carbocycles. The first-order chi connectivity index (χ1) is 5.68. The van der Waals surface area contributed by atoms with Crippen LogP contribution in [-0.4, -0.2) is 8.35 Å². The third kappa shape index (κ3) is 1.53. The Morgan fingerprint density at radius 2 is 1.83 bits per heavy atom. The summed E-state index contributed by atoms with van der Waals surface area (Å²) in [5, 5.41) is 0. The Labute approximate surface area is 86.8 Å². The van der Waals surface area contributed by atoms with Crippen molar-refractivity contribution in [2.24, 2.45) is 23.7 Å². The van der Waals surface area contributed by atoms with Gasteiger partial charge in [0.15, 0.2) is 0 Å². The average Bonchev–Trinajstić information content (AvgIpc) is 2.35. The second-order valence-corrected chi connectivity index (χ2v) is 8.55. The van der Waals surface area contributed by atoms with Crippen LogP contribution in [-0.2, 0) is 0 Å². The van der Waals surface area contributed by atoms with E-state index in [4.69, 9.17) is 0 Å². The molecule has 1 aliphatic carbocycles. The molecule has 0 spiro atoms. The predicted octanol–water partition coefficient (Wildman–Crippen LogP) is -0.224. The molecule has 0 radical (unpaired) electrons. The third-order valence-electron chi connectivity index (χ3n) is 3.99. The van der Waals surface area contributed by atoms with Crippen LogP contribution in [0, 0.1) is 23.7 Å². The Morgan fingerprint density at radius 1 is 1.08 bits per heavy atom. The van der Waals surface area contributed by atoms with Crippen LogP contribution in [0.15, 0.2) is 0 Å². The average molecular weight is 279 g/mol. The molecule has 1 saturated heterocycles. The van der Waals surface area contributed by atoms with Crippen LogP contribution >= 0.6 is 0 Å². The second-order valence-electron chi connectivity index (χ2n) is 4.82. The normalized spacial score (nSPS) is 54.4. The number of hydrogen-bond donors (Lipinski definition) is 0. The van der Waals surface area contributed by atoms with Gasteiger partial charge in [0.05, 0.1) is 0 Å². The van der Waals surface area contributed by atoms with E-state index >= 15 is 0 Å². The van der Waals surface area contributed by atoms with Crippen molar-refractivity contribution in [1.29, 1.82) is 0 Å². The third-order valence-corrected chi connectivity index (χ3v) is 8.27. The van der Waals surface area contributed by atoms with Crippen molar-refractivity contribution in [3.8, 4) is 0 Å². The molecular formula is C11H20I-. The van der Waals surface area contributed by atoms with Gasteiger partial charge in [0.2, 0.25) is 0 Å². The molecule has 1 heterocycles. The van der Waals surface area contributed by atoms with Crippen molar-refractivity contribution in [1.82, 2.24) is 0 Å². The zero-order valence-electron chi connectivity index (χ0n) is 8.39. The van der Waals surface area contributed by atoms with Gasteiger partial charge < -0.3 is 0 Å². The van der Waals surface area contributed by atoms with Crippen molar-refractivity contribution in [3.05, 3.63) is 0 Å². The molecule has 72 valence electrons. The van der Waals surface area contributed by atoms with E-state index in [1.54, 1.807) is 17.3 Å². The summed E-state index contributed by atoms with van der Waals surface area (Å²) in [4.78, 5) is 0. The van der Waals surface area contributed by atoms with Crippen LogP contribution in [0.25, 0.3) is 0 Å². The predicted molar refractivity (Wildman–Crippen MR) is 48.9 cm³/mol. The summed E-state index contributed by atoms with van der Waals surface area (Å²) >= 11 is 0.549. The van der Waals surface area contributed by atoms with Gasteiger partial charge in [-0.3, -0.25) is 0 Å². The molecule has 0 nitrogen and oxygen atoms in total. The SMILES string of the molecule is CC1C[C@H]2C[I-]C(C)C(C)C1C2. The van der Waals surface area contributed by atoms with E-state index in [9.17, 15) is 0 Å². The Bertz CT molecular complexity index is 166. The summed E-state index contributed by atoms with van der Waals surface area (Å²) in [6, 6.07) is 0. The van der Waals surface area contributed by atoms with Crippen LogP contribution < -0.4 is 21.2 Å². The van der Waals surface area contributed by atoms with E-state index in [0.29, 0.717) is 21.2 Å². The molecule has 0 N–H and O–H groups in total. The zero-order chi connectivity index (χ0) is 8.72. The molecule has 0 amide bonds. The van der Waals surface area contributed by atoms with E-state index < -0.39 is 0 Å². The molecule has 1 aliphatic heterocycles. The van der Waals surface area contributed by atoms with Crippen molar-refractivity contribution >= 4 is 0 Å². The molecule has 2 fully saturated rings. The van der Waals surface area contributed by atoms with Gasteiger partial charge in [0.25, 0.3) is 0 Å². The molecule has 5 atom stereocenters. The van der Waals surface area contributed by atoms with Crippen LogP contribution in [0.3, 0.4) is 0 Å². The molecule has 1 heteroatoms. The van der Waals surface area contributed by atoms with Gasteiger partial charge >= 0.3 is 86.8 Å². The van der Waals surface area contributed by atoms with E-state index in [-0.39, 0.29) is 0 Å². The van der Waals surface area contributed by atoms with Gasteiger partial charge in [-0.25, -0.2) is 0 Å². The molecule has 2 rings (SSSR count). The fourth-order valence-corrected chi connectivity index (χ4v) is 6.60. The first-order valence-electron chi connectivity index (χ1n) is 5.26. The second kappa shape index (κ2) is 3.47. The Balaban J connectivity index is 2.13. The number of hydrogen-bond acceptors (Lipinski definition) is 0. The summed E-state index contributed by atoms with van der Waals surface area (Å²) < 4.78 is 2.73. The van der Waals surface area contributed by atoms with Crippen LogP contribution in [0.4, 0.5) is 0 Å². The van der Waals surface area contributed by atoms with Gasteiger partial charge in [-0.05, 0) is 0 Å². The minimum atomic E-state index is 0.549. The molecule has 2 aliphatic rings. The van der Waals surface area contributed by atoms with Gasteiger partial charge in [-0.2, -0.15) is 0 Å². The number of rotatable bonds is 0. The maximum absolute atomic E-state index is 2.51. The van der Waals surface area contributed by atoms with Crippen LogP contribution in [0.5, 0.6) is 0 Å². The summed E-state index contributed by atoms with van der Waals surface area (Å²) in [7, 11) is 0. The monoisotopic (exact) mass is 279 g/mol. The van der Waals surface area contributed by atoms with Crippen molar-refractivity contribution in [3.63, 3.8) is 0 Å². The van der Waals surface area contributed by atoms with Crippen molar-refractivity contribution < 1.29 is 21.2 Å². The van der Waals surface area contributed by atoms with Gasteiger partial charge in [-0.1, -0.05) is 0 Å². The Morgan fingerprint density at radius 3 is 2.58 bits per heavy atom. The van der Waals surface area contributed by atoms with E-state index in [0.717, 1.165) is 27.6 Å². The Kier molecular flexibility index (Phi) is 2.69. The fourth-order valence-electron chi connectivity index (χ4n) is 3.02. The van der Waals surface area contributed by atoms with Gasteiger partial charge in [0.1, 0.15) is 0 Å². The van der Waals surface area contributed by atoms with Gasteiger partial charge in [-0.15, -0.1) is 0 Å². The van der Waals surface area contributed by atoms with Crippen LogP contribution in [0.1, 0.15) is 33.6 Å². The van der Waals surface area contributed by atoms with E-state index in [1.807, 2.05) is 0 Å². The number of halogens is 1. The molecule has 4 unspecified atom stereocenters. The first-order valence-corrected chi connectivity index (χ1v) is 8.03. The van der Waals surface area contributed by atoms with E-state index in [1.165, 1.54) is 0 Å². The topological polar surface area (TPSA) is 0 Å². The number of fused-ring (bicyclic) bond motifs is 2.